The number of rotatable bonds is 4. The van der Waals surface area contributed by atoms with Crippen LogP contribution in [-0.4, -0.2) is 85.9 Å². The molecule has 5 rings (SSSR count). The first-order chi connectivity index (χ1) is 16.8. The van der Waals surface area contributed by atoms with Crippen LogP contribution in [0.2, 0.25) is 0 Å². The summed E-state index contributed by atoms with van der Waals surface area (Å²) in [5.74, 6) is -1.23. The molecule has 3 aliphatic rings. The summed E-state index contributed by atoms with van der Waals surface area (Å²) in [6.07, 6.45) is 1.92. The van der Waals surface area contributed by atoms with Gasteiger partial charge in [-0.1, -0.05) is 24.3 Å². The molecule has 8 heteroatoms. The lowest BCUT2D eigenvalue weighted by atomic mass is 9.93. The average molecular weight is 480 g/mol. The number of amides is 2. The number of likely N-dealkylation sites (N-methyl/N-ethyl adjacent to an activating group) is 1. The third-order valence-electron chi connectivity index (χ3n) is 8.05. The minimum atomic E-state index is -0.896. The fourth-order valence-electron chi connectivity index (χ4n) is 6.15. The van der Waals surface area contributed by atoms with Crippen molar-refractivity contribution in [1.82, 2.24) is 14.7 Å². The lowest BCUT2D eigenvalue weighted by molar-refractivity contribution is -0.144. The quantitative estimate of drug-likeness (QED) is 0.679. The third-order valence-corrected chi connectivity index (χ3v) is 8.05. The highest BCUT2D eigenvalue weighted by atomic mass is 19.1. The second-order valence-electron chi connectivity index (χ2n) is 10.2. The molecule has 2 fully saturated rings. The van der Waals surface area contributed by atoms with E-state index in [0.29, 0.717) is 38.1 Å². The molecule has 2 amide bonds. The molecule has 2 aromatic rings. The average Bonchev–Trinajstić information content (AvgIpc) is 3.49. The number of benzene rings is 2. The molecule has 2 N–H and O–H groups in total. The number of hydrogen-bond acceptors (Lipinski definition) is 5. The lowest BCUT2D eigenvalue weighted by Crippen LogP contribution is -2.51. The molecule has 186 valence electrons. The number of aryl methyl sites for hydroxylation is 1. The highest BCUT2D eigenvalue weighted by Gasteiger charge is 2.41. The first kappa shape index (κ1) is 23.8. The van der Waals surface area contributed by atoms with E-state index in [-0.39, 0.29) is 11.9 Å². The Hall–Kier alpha value is -2.97. The van der Waals surface area contributed by atoms with Gasteiger partial charge in [-0.2, -0.15) is 0 Å². The maximum absolute atomic E-state index is 14.7. The number of primary amides is 1. The van der Waals surface area contributed by atoms with Crippen LogP contribution in [0.4, 0.5) is 10.1 Å². The number of likely N-dealkylation sites (tertiary alicyclic amines) is 1. The SMILES string of the molecule is CN(C)[C@@H]1CN(C2CCc3cccc(F)c32)C[C@H]1c1ccc(N2CCN(C(=O)C(N)=O)CC2)cc1. The molecule has 2 aliphatic heterocycles. The van der Waals surface area contributed by atoms with E-state index in [0.717, 1.165) is 42.7 Å². The van der Waals surface area contributed by atoms with Crippen LogP contribution in [0.15, 0.2) is 42.5 Å². The Kier molecular flexibility index (Phi) is 6.51. The molecule has 1 aliphatic carbocycles. The largest absolute Gasteiger partial charge is 0.368 e. The molecule has 0 radical (unpaired) electrons. The Morgan fingerprint density at radius 2 is 1.71 bits per heavy atom. The van der Waals surface area contributed by atoms with Gasteiger partial charge in [0.15, 0.2) is 0 Å². The van der Waals surface area contributed by atoms with E-state index in [2.05, 4.69) is 59.1 Å². The zero-order valence-corrected chi connectivity index (χ0v) is 20.5. The van der Waals surface area contributed by atoms with Crippen molar-refractivity contribution in [2.75, 3.05) is 58.3 Å². The Labute approximate surface area is 206 Å². The van der Waals surface area contributed by atoms with Crippen molar-refractivity contribution >= 4 is 17.5 Å². The summed E-state index contributed by atoms with van der Waals surface area (Å²) in [6, 6.07) is 14.7. The van der Waals surface area contributed by atoms with Gasteiger partial charge in [0, 0.05) is 68.5 Å². The van der Waals surface area contributed by atoms with Gasteiger partial charge in [-0.05, 0) is 56.3 Å². The minimum absolute atomic E-state index is 0.0724. The minimum Gasteiger partial charge on any atom is -0.368 e. The molecule has 0 bridgehead atoms. The number of fused-ring (bicyclic) bond motifs is 1. The summed E-state index contributed by atoms with van der Waals surface area (Å²) in [6.45, 7) is 4.15. The second-order valence-corrected chi connectivity index (χ2v) is 10.2. The summed E-state index contributed by atoms with van der Waals surface area (Å²) >= 11 is 0. The molecule has 1 unspecified atom stereocenters. The monoisotopic (exact) mass is 479 g/mol. The summed E-state index contributed by atoms with van der Waals surface area (Å²) in [7, 11) is 4.26. The van der Waals surface area contributed by atoms with E-state index < -0.39 is 11.8 Å². The van der Waals surface area contributed by atoms with Gasteiger partial charge >= 0.3 is 11.8 Å². The molecule has 0 aromatic heterocycles. The van der Waals surface area contributed by atoms with E-state index in [1.54, 1.807) is 6.07 Å². The van der Waals surface area contributed by atoms with Gasteiger partial charge in [-0.15, -0.1) is 0 Å². The first-order valence-electron chi connectivity index (χ1n) is 12.4. The van der Waals surface area contributed by atoms with Crippen LogP contribution in [0.3, 0.4) is 0 Å². The number of hydrogen-bond donors (Lipinski definition) is 1. The van der Waals surface area contributed by atoms with Crippen molar-refractivity contribution in [1.29, 1.82) is 0 Å². The molecule has 3 atom stereocenters. The highest BCUT2D eigenvalue weighted by Crippen LogP contribution is 2.42. The topological polar surface area (TPSA) is 73.1 Å². The Morgan fingerprint density at radius 3 is 2.37 bits per heavy atom. The molecule has 2 heterocycles. The number of nitrogens with two attached hydrogens (primary N) is 1. The van der Waals surface area contributed by atoms with E-state index in [1.807, 2.05) is 6.07 Å². The number of carbonyl (C=O) groups is 2. The lowest BCUT2D eigenvalue weighted by Gasteiger charge is -2.35. The van der Waals surface area contributed by atoms with Gasteiger partial charge in [0.25, 0.3) is 0 Å². The number of piperazine rings is 1. The fraction of sp³-hybridized carbons (Fsp3) is 0.481. The van der Waals surface area contributed by atoms with Crippen molar-refractivity contribution in [2.45, 2.75) is 30.8 Å². The van der Waals surface area contributed by atoms with E-state index in [9.17, 15) is 14.0 Å². The van der Waals surface area contributed by atoms with Crippen molar-refractivity contribution in [3.63, 3.8) is 0 Å². The van der Waals surface area contributed by atoms with E-state index in [1.165, 1.54) is 10.5 Å². The summed E-state index contributed by atoms with van der Waals surface area (Å²) in [4.78, 5) is 31.5. The predicted octanol–water partition coefficient (Wildman–Crippen LogP) is 1.98. The first-order valence-corrected chi connectivity index (χ1v) is 12.4. The second kappa shape index (κ2) is 9.59. The molecular weight excluding hydrogens is 445 g/mol. The standard InChI is InChI=1S/C27H34FN5O2/c1-30(2)24-17-33(23-11-8-19-4-3-5-22(28)25(19)23)16-21(24)18-6-9-20(10-7-18)31-12-14-32(15-13-31)27(35)26(29)34/h3-7,9-10,21,23-24H,8,11-17H2,1-2H3,(H2,29,34)/t21-,23?,24+/m0/s1. The molecule has 35 heavy (non-hydrogen) atoms. The Morgan fingerprint density at radius 1 is 1.00 bits per heavy atom. The molecule has 2 aromatic carbocycles. The van der Waals surface area contributed by atoms with Crippen LogP contribution in [0.1, 0.15) is 35.1 Å². The Balaban J connectivity index is 1.28. The van der Waals surface area contributed by atoms with E-state index >= 15 is 0 Å². The number of halogens is 1. The van der Waals surface area contributed by atoms with Crippen molar-refractivity contribution in [3.05, 3.63) is 65.0 Å². The molecule has 0 saturated carbocycles. The zero-order chi connectivity index (χ0) is 24.7. The normalized spacial score (nSPS) is 24.7. The molecule has 2 saturated heterocycles. The smallest absolute Gasteiger partial charge is 0.311 e. The van der Waals surface area contributed by atoms with Crippen LogP contribution in [0.25, 0.3) is 0 Å². The molecule has 7 nitrogen and oxygen atoms in total. The number of nitrogens with zero attached hydrogens (tertiary/aromatic N) is 4. The fourth-order valence-corrected chi connectivity index (χ4v) is 6.15. The molecule has 0 spiro atoms. The predicted molar refractivity (Wildman–Crippen MR) is 134 cm³/mol. The van der Waals surface area contributed by atoms with Crippen molar-refractivity contribution < 1.29 is 14.0 Å². The highest BCUT2D eigenvalue weighted by molar-refractivity contribution is 6.34. The Bertz CT molecular complexity index is 1100. The van der Waals surface area contributed by atoms with Gasteiger partial charge < -0.3 is 20.4 Å². The third kappa shape index (κ3) is 4.52. The van der Waals surface area contributed by atoms with Crippen molar-refractivity contribution in [2.24, 2.45) is 5.73 Å². The van der Waals surface area contributed by atoms with Gasteiger partial charge in [-0.3, -0.25) is 14.5 Å². The van der Waals surface area contributed by atoms with Crippen molar-refractivity contribution in [3.8, 4) is 0 Å². The van der Waals surface area contributed by atoms with Crippen LogP contribution in [0.5, 0.6) is 0 Å². The van der Waals surface area contributed by atoms with Crippen LogP contribution >= 0.6 is 0 Å². The summed E-state index contributed by atoms with van der Waals surface area (Å²) < 4.78 is 14.7. The van der Waals surface area contributed by atoms with Gasteiger partial charge in [-0.25, -0.2) is 4.39 Å². The van der Waals surface area contributed by atoms with Gasteiger partial charge in [0.1, 0.15) is 5.82 Å². The maximum Gasteiger partial charge on any atom is 0.311 e. The summed E-state index contributed by atoms with van der Waals surface area (Å²) in [5.41, 5.74) is 9.59. The van der Waals surface area contributed by atoms with Crippen LogP contribution < -0.4 is 10.6 Å². The maximum atomic E-state index is 14.7. The number of anilines is 1. The van der Waals surface area contributed by atoms with Gasteiger partial charge in [0.05, 0.1) is 0 Å². The van der Waals surface area contributed by atoms with Crippen LogP contribution in [0, 0.1) is 5.82 Å². The summed E-state index contributed by atoms with van der Waals surface area (Å²) in [5, 5.41) is 0. The van der Waals surface area contributed by atoms with Gasteiger partial charge in [0.2, 0.25) is 0 Å². The van der Waals surface area contributed by atoms with E-state index in [4.69, 9.17) is 5.73 Å². The van der Waals surface area contributed by atoms with Crippen LogP contribution in [-0.2, 0) is 16.0 Å². The zero-order valence-electron chi connectivity index (χ0n) is 20.5. The number of carbonyl (C=O) groups excluding carboxylic acids is 2. The molecular formula is C27H34FN5O2.